The SMILES string of the molecule is CCOc1ccccc1C(=O)C(OC)C(C)C. The molecule has 0 saturated heterocycles. The van der Waals surface area contributed by atoms with Gasteiger partial charge in [0.05, 0.1) is 12.2 Å². The van der Waals surface area contributed by atoms with Crippen LogP contribution < -0.4 is 4.74 Å². The summed E-state index contributed by atoms with van der Waals surface area (Å²) >= 11 is 0. The molecule has 0 heterocycles. The molecule has 1 atom stereocenters. The molecule has 3 nitrogen and oxygen atoms in total. The zero-order valence-electron chi connectivity index (χ0n) is 10.9. The van der Waals surface area contributed by atoms with E-state index in [0.717, 1.165) is 0 Å². The highest BCUT2D eigenvalue weighted by atomic mass is 16.5. The lowest BCUT2D eigenvalue weighted by molar-refractivity contribution is 0.0455. The summed E-state index contributed by atoms with van der Waals surface area (Å²) in [5, 5.41) is 0. The molecule has 94 valence electrons. The first-order valence-corrected chi connectivity index (χ1v) is 5.90. The van der Waals surface area contributed by atoms with Crippen molar-refractivity contribution in [3.8, 4) is 5.75 Å². The highest BCUT2D eigenvalue weighted by Crippen LogP contribution is 2.22. The standard InChI is InChI=1S/C14H20O3/c1-5-17-12-9-7-6-8-11(12)13(15)14(16-4)10(2)3/h6-10,14H,5H2,1-4H3. The normalized spacial score (nSPS) is 12.5. The summed E-state index contributed by atoms with van der Waals surface area (Å²) in [5.74, 6) is 0.747. The summed E-state index contributed by atoms with van der Waals surface area (Å²) in [6, 6.07) is 7.28. The summed E-state index contributed by atoms with van der Waals surface area (Å²) < 4.78 is 10.7. The Hall–Kier alpha value is -1.35. The Morgan fingerprint density at radius 3 is 2.47 bits per heavy atom. The molecule has 1 rings (SSSR count). The van der Waals surface area contributed by atoms with E-state index in [1.165, 1.54) is 0 Å². The molecule has 1 aromatic rings. The number of ketones is 1. The Balaban J connectivity index is 3.02. The molecule has 0 aromatic heterocycles. The third-order valence-corrected chi connectivity index (χ3v) is 2.57. The molecule has 0 aliphatic carbocycles. The summed E-state index contributed by atoms with van der Waals surface area (Å²) in [6.45, 7) is 6.38. The predicted molar refractivity (Wildman–Crippen MR) is 67.6 cm³/mol. The molecule has 0 N–H and O–H groups in total. The number of hydrogen-bond donors (Lipinski definition) is 0. The number of hydrogen-bond acceptors (Lipinski definition) is 3. The second-order valence-corrected chi connectivity index (χ2v) is 4.19. The fourth-order valence-electron chi connectivity index (χ4n) is 1.79. The van der Waals surface area contributed by atoms with Gasteiger partial charge in [-0.15, -0.1) is 0 Å². The van der Waals surface area contributed by atoms with Crippen molar-refractivity contribution in [3.05, 3.63) is 29.8 Å². The third kappa shape index (κ3) is 3.30. The van der Waals surface area contributed by atoms with Gasteiger partial charge >= 0.3 is 0 Å². The van der Waals surface area contributed by atoms with Crippen LogP contribution in [0.1, 0.15) is 31.1 Å². The van der Waals surface area contributed by atoms with E-state index in [2.05, 4.69) is 0 Å². The van der Waals surface area contributed by atoms with Crippen LogP contribution in [0.2, 0.25) is 0 Å². The van der Waals surface area contributed by atoms with Crippen LogP contribution >= 0.6 is 0 Å². The van der Waals surface area contributed by atoms with Crippen molar-refractivity contribution in [2.75, 3.05) is 13.7 Å². The second-order valence-electron chi connectivity index (χ2n) is 4.19. The second kappa shape index (κ2) is 6.40. The molecule has 1 aromatic carbocycles. The molecule has 0 bridgehead atoms. The van der Waals surface area contributed by atoms with E-state index in [1.54, 1.807) is 13.2 Å². The first kappa shape index (κ1) is 13.7. The van der Waals surface area contributed by atoms with Crippen LogP contribution in [0.5, 0.6) is 5.75 Å². The van der Waals surface area contributed by atoms with Crippen LogP contribution in [0.4, 0.5) is 0 Å². The van der Waals surface area contributed by atoms with Crippen molar-refractivity contribution in [2.45, 2.75) is 26.9 Å². The van der Waals surface area contributed by atoms with Gasteiger partial charge in [0.1, 0.15) is 11.9 Å². The number of para-hydroxylation sites is 1. The van der Waals surface area contributed by atoms with Crippen LogP contribution in [0, 0.1) is 5.92 Å². The highest BCUT2D eigenvalue weighted by molar-refractivity contribution is 6.01. The van der Waals surface area contributed by atoms with Gasteiger partial charge in [0.2, 0.25) is 0 Å². The Kier molecular flexibility index (Phi) is 5.16. The van der Waals surface area contributed by atoms with Gasteiger partial charge in [0.15, 0.2) is 5.78 Å². The zero-order valence-corrected chi connectivity index (χ0v) is 10.9. The van der Waals surface area contributed by atoms with E-state index in [9.17, 15) is 4.79 Å². The molecule has 0 aliphatic heterocycles. The quantitative estimate of drug-likeness (QED) is 0.712. The van der Waals surface area contributed by atoms with E-state index < -0.39 is 6.10 Å². The Labute approximate surface area is 103 Å². The lowest BCUT2D eigenvalue weighted by atomic mass is 9.97. The number of Topliss-reactive ketones (excluding diaryl/α,β-unsaturated/α-hetero) is 1. The molecule has 0 saturated carbocycles. The third-order valence-electron chi connectivity index (χ3n) is 2.57. The molecule has 3 heteroatoms. The highest BCUT2D eigenvalue weighted by Gasteiger charge is 2.25. The van der Waals surface area contributed by atoms with E-state index >= 15 is 0 Å². The summed E-state index contributed by atoms with van der Waals surface area (Å²) in [6.07, 6.45) is -0.420. The molecular formula is C14H20O3. The summed E-state index contributed by atoms with van der Waals surface area (Å²) in [5.41, 5.74) is 0.592. The van der Waals surface area contributed by atoms with Crippen molar-refractivity contribution in [1.82, 2.24) is 0 Å². The van der Waals surface area contributed by atoms with Crippen LogP contribution in [0.15, 0.2) is 24.3 Å². The van der Waals surface area contributed by atoms with Crippen LogP contribution in [0.3, 0.4) is 0 Å². The van der Waals surface area contributed by atoms with Crippen molar-refractivity contribution in [3.63, 3.8) is 0 Å². The maximum absolute atomic E-state index is 12.3. The molecule has 0 amide bonds. The zero-order chi connectivity index (χ0) is 12.8. The number of carbonyl (C=O) groups is 1. The average molecular weight is 236 g/mol. The van der Waals surface area contributed by atoms with Crippen LogP contribution in [-0.2, 0) is 4.74 Å². The molecule has 0 aliphatic rings. The minimum atomic E-state index is -0.420. The number of benzene rings is 1. The molecule has 0 radical (unpaired) electrons. The van der Waals surface area contributed by atoms with Crippen molar-refractivity contribution in [1.29, 1.82) is 0 Å². The largest absolute Gasteiger partial charge is 0.493 e. The lowest BCUT2D eigenvalue weighted by Gasteiger charge is -2.19. The Morgan fingerprint density at radius 1 is 1.29 bits per heavy atom. The van der Waals surface area contributed by atoms with Crippen LogP contribution in [-0.4, -0.2) is 25.6 Å². The fraction of sp³-hybridized carbons (Fsp3) is 0.500. The first-order chi connectivity index (χ1) is 8.11. The topological polar surface area (TPSA) is 35.5 Å². The molecule has 0 fully saturated rings. The number of carbonyl (C=O) groups excluding carboxylic acids is 1. The van der Waals surface area contributed by atoms with Gasteiger partial charge in [0.25, 0.3) is 0 Å². The monoisotopic (exact) mass is 236 g/mol. The van der Waals surface area contributed by atoms with Gasteiger partial charge in [-0.1, -0.05) is 26.0 Å². The van der Waals surface area contributed by atoms with Gasteiger partial charge in [-0.3, -0.25) is 4.79 Å². The van der Waals surface area contributed by atoms with Gasteiger partial charge in [-0.2, -0.15) is 0 Å². The lowest BCUT2D eigenvalue weighted by Crippen LogP contribution is -2.29. The van der Waals surface area contributed by atoms with Crippen molar-refractivity contribution in [2.24, 2.45) is 5.92 Å². The van der Waals surface area contributed by atoms with Crippen molar-refractivity contribution >= 4 is 5.78 Å². The first-order valence-electron chi connectivity index (χ1n) is 5.90. The van der Waals surface area contributed by atoms with Gasteiger partial charge in [0, 0.05) is 7.11 Å². The average Bonchev–Trinajstić information content (AvgIpc) is 2.30. The number of ether oxygens (including phenoxy) is 2. The van der Waals surface area contributed by atoms with E-state index in [0.29, 0.717) is 17.9 Å². The smallest absolute Gasteiger partial charge is 0.195 e. The van der Waals surface area contributed by atoms with E-state index in [1.807, 2.05) is 39.0 Å². The number of methoxy groups -OCH3 is 1. The van der Waals surface area contributed by atoms with Gasteiger partial charge < -0.3 is 9.47 Å². The van der Waals surface area contributed by atoms with Crippen LogP contribution in [0.25, 0.3) is 0 Å². The minimum Gasteiger partial charge on any atom is -0.493 e. The summed E-state index contributed by atoms with van der Waals surface area (Å²) in [4.78, 5) is 12.3. The van der Waals surface area contributed by atoms with Gasteiger partial charge in [-0.05, 0) is 25.0 Å². The Morgan fingerprint density at radius 2 is 1.94 bits per heavy atom. The fourth-order valence-corrected chi connectivity index (χ4v) is 1.79. The molecule has 17 heavy (non-hydrogen) atoms. The molecule has 0 spiro atoms. The van der Waals surface area contributed by atoms with Gasteiger partial charge in [-0.25, -0.2) is 0 Å². The molecule has 1 unspecified atom stereocenters. The maximum Gasteiger partial charge on any atom is 0.195 e. The van der Waals surface area contributed by atoms with E-state index in [-0.39, 0.29) is 11.7 Å². The van der Waals surface area contributed by atoms with E-state index in [4.69, 9.17) is 9.47 Å². The van der Waals surface area contributed by atoms with Crippen molar-refractivity contribution < 1.29 is 14.3 Å². The maximum atomic E-state index is 12.3. The summed E-state index contributed by atoms with van der Waals surface area (Å²) in [7, 11) is 1.56. The Bertz CT molecular complexity index is 371. The minimum absolute atomic E-state index is 0.0217. The number of rotatable bonds is 6. The molecular weight excluding hydrogens is 216 g/mol. The predicted octanol–water partition coefficient (Wildman–Crippen LogP) is 2.94.